The Balaban J connectivity index is 2.51. The Morgan fingerprint density at radius 2 is 1.43 bits per heavy atom. The summed E-state index contributed by atoms with van der Waals surface area (Å²) >= 11 is 2.31. The highest BCUT2D eigenvalue weighted by Gasteiger charge is 2.32. The van der Waals surface area contributed by atoms with E-state index in [4.69, 9.17) is 4.74 Å². The lowest BCUT2D eigenvalue weighted by molar-refractivity contribution is 0.413. The Kier molecular flexibility index (Phi) is 4.85. The van der Waals surface area contributed by atoms with Crippen molar-refractivity contribution < 1.29 is 30.7 Å². The summed E-state index contributed by atoms with van der Waals surface area (Å²) in [5, 5.41) is 0. The normalized spacial score (nSPS) is 11.4. The Labute approximate surface area is 137 Å². The van der Waals surface area contributed by atoms with Gasteiger partial charge < -0.3 is 4.74 Å². The zero-order chi connectivity index (χ0) is 17.4. The maximum atomic E-state index is 13.8. The van der Waals surface area contributed by atoms with Crippen molar-refractivity contribution in [3.8, 4) is 5.75 Å². The number of hydrogen-bond donors (Lipinski definition) is 1. The predicted octanol–water partition coefficient (Wildman–Crippen LogP) is 3.81. The van der Waals surface area contributed by atoms with Gasteiger partial charge in [0.05, 0.1) is 11.6 Å². The second kappa shape index (κ2) is 6.36. The average molecular weight is 414 g/mol. The zero-order valence-corrected chi connectivity index (χ0v) is 13.7. The van der Waals surface area contributed by atoms with E-state index in [1.807, 2.05) is 4.72 Å². The van der Waals surface area contributed by atoms with Gasteiger partial charge in [0.2, 0.25) is 0 Å². The lowest BCUT2D eigenvalue weighted by Gasteiger charge is -2.12. The molecule has 0 saturated heterocycles. The van der Waals surface area contributed by atoms with Crippen LogP contribution in [0.25, 0.3) is 0 Å². The molecule has 23 heavy (non-hydrogen) atoms. The molecule has 0 saturated carbocycles. The minimum Gasteiger partial charge on any atom is -0.497 e. The summed E-state index contributed by atoms with van der Waals surface area (Å²) in [7, 11) is -3.51. The third-order valence-electron chi connectivity index (χ3n) is 2.78. The van der Waals surface area contributed by atoms with Crippen molar-refractivity contribution in [2.75, 3.05) is 11.8 Å². The molecule has 1 N–H and O–H groups in total. The van der Waals surface area contributed by atoms with Gasteiger partial charge in [0.15, 0.2) is 28.2 Å². The first kappa shape index (κ1) is 17.5. The smallest absolute Gasteiger partial charge is 0.267 e. The molecule has 0 heterocycles. The molecule has 2 aromatic carbocycles. The SMILES string of the molecule is COc1ccc(NS(=O)(=O)c2c(F)c(F)c(Br)c(F)c2F)cc1. The largest absolute Gasteiger partial charge is 0.497 e. The standard InChI is InChI=1S/C13H8BrF4NO3S/c1-22-7-4-2-6(3-5-7)19-23(20,21)13-11(17)9(15)8(14)10(16)12(13)18/h2-5,19H,1H3. The van der Waals surface area contributed by atoms with Crippen LogP contribution in [0.15, 0.2) is 33.6 Å². The van der Waals surface area contributed by atoms with Crippen molar-refractivity contribution in [1.82, 2.24) is 0 Å². The second-order valence-electron chi connectivity index (χ2n) is 4.23. The highest BCUT2D eigenvalue weighted by atomic mass is 79.9. The molecule has 0 aliphatic rings. The molecular weight excluding hydrogens is 406 g/mol. The predicted molar refractivity (Wildman–Crippen MR) is 77.8 cm³/mol. The molecule has 0 aromatic heterocycles. The maximum absolute atomic E-state index is 13.8. The Morgan fingerprint density at radius 1 is 0.957 bits per heavy atom. The molecule has 2 rings (SSSR count). The van der Waals surface area contributed by atoms with Crippen LogP contribution in [0.2, 0.25) is 0 Å². The molecule has 0 radical (unpaired) electrons. The van der Waals surface area contributed by atoms with E-state index in [2.05, 4.69) is 15.9 Å². The number of hydrogen-bond acceptors (Lipinski definition) is 3. The molecule has 0 atom stereocenters. The van der Waals surface area contributed by atoms with E-state index in [0.717, 1.165) is 0 Å². The summed E-state index contributed by atoms with van der Waals surface area (Å²) in [6, 6.07) is 5.26. The van der Waals surface area contributed by atoms with Crippen molar-refractivity contribution in [2.24, 2.45) is 0 Å². The van der Waals surface area contributed by atoms with E-state index in [-0.39, 0.29) is 5.69 Å². The van der Waals surface area contributed by atoms with Crippen molar-refractivity contribution >= 4 is 31.6 Å². The first-order valence-electron chi connectivity index (χ1n) is 5.87. The van der Waals surface area contributed by atoms with Gasteiger partial charge in [0.1, 0.15) is 5.75 Å². The zero-order valence-electron chi connectivity index (χ0n) is 11.3. The lowest BCUT2D eigenvalue weighted by Crippen LogP contribution is -2.18. The number of ether oxygens (including phenoxy) is 1. The maximum Gasteiger partial charge on any atom is 0.267 e. The fourth-order valence-corrected chi connectivity index (χ4v) is 3.23. The number of anilines is 1. The number of rotatable bonds is 4. The van der Waals surface area contributed by atoms with Gasteiger partial charge in [-0.2, -0.15) is 0 Å². The molecule has 0 fully saturated rings. The summed E-state index contributed by atoms with van der Waals surface area (Å²) in [6.45, 7) is 0. The third-order valence-corrected chi connectivity index (χ3v) is 4.88. The van der Waals surface area contributed by atoms with Crippen LogP contribution in [0.4, 0.5) is 23.2 Å². The van der Waals surface area contributed by atoms with Gasteiger partial charge >= 0.3 is 0 Å². The number of methoxy groups -OCH3 is 1. The van der Waals surface area contributed by atoms with Gasteiger partial charge in [0.25, 0.3) is 10.0 Å². The lowest BCUT2D eigenvalue weighted by atomic mass is 10.3. The van der Waals surface area contributed by atoms with Crippen LogP contribution in [0, 0.1) is 23.3 Å². The quantitative estimate of drug-likeness (QED) is 0.471. The van der Waals surface area contributed by atoms with E-state index in [9.17, 15) is 26.0 Å². The molecular formula is C13H8BrF4NO3S. The molecule has 0 aliphatic heterocycles. The first-order valence-corrected chi connectivity index (χ1v) is 8.15. The molecule has 2 aromatic rings. The fourth-order valence-electron chi connectivity index (χ4n) is 1.69. The molecule has 0 aliphatic carbocycles. The van der Waals surface area contributed by atoms with E-state index >= 15 is 0 Å². The van der Waals surface area contributed by atoms with Gasteiger partial charge in [0, 0.05) is 5.69 Å². The number of nitrogens with one attached hydrogen (secondary N) is 1. The molecule has 4 nitrogen and oxygen atoms in total. The second-order valence-corrected chi connectivity index (χ2v) is 6.65. The summed E-state index contributed by atoms with van der Waals surface area (Å²) in [5.41, 5.74) is -0.0756. The summed E-state index contributed by atoms with van der Waals surface area (Å²) in [6.07, 6.45) is 0. The average Bonchev–Trinajstić information content (AvgIpc) is 2.51. The molecule has 0 bridgehead atoms. The molecule has 0 unspecified atom stereocenters. The summed E-state index contributed by atoms with van der Waals surface area (Å²) in [5.74, 6) is -7.35. The van der Waals surface area contributed by atoms with Crippen LogP contribution in [-0.4, -0.2) is 15.5 Å². The van der Waals surface area contributed by atoms with Crippen molar-refractivity contribution in [3.63, 3.8) is 0 Å². The molecule has 10 heteroatoms. The topological polar surface area (TPSA) is 55.4 Å². The summed E-state index contributed by atoms with van der Waals surface area (Å²) < 4.78 is 84.1. The van der Waals surface area contributed by atoms with Crippen LogP contribution in [-0.2, 0) is 10.0 Å². The minimum absolute atomic E-state index is 0.0756. The Bertz CT molecular complexity index is 828. The van der Waals surface area contributed by atoms with Gasteiger partial charge in [-0.15, -0.1) is 0 Å². The highest BCUT2D eigenvalue weighted by Crippen LogP contribution is 2.31. The first-order chi connectivity index (χ1) is 10.7. The van der Waals surface area contributed by atoms with E-state index in [1.54, 1.807) is 0 Å². The Morgan fingerprint density at radius 3 is 1.87 bits per heavy atom. The van der Waals surface area contributed by atoms with Crippen LogP contribution < -0.4 is 9.46 Å². The monoisotopic (exact) mass is 413 g/mol. The minimum atomic E-state index is -4.90. The Hall–Kier alpha value is -1.81. The van der Waals surface area contributed by atoms with Gasteiger partial charge in [-0.3, -0.25) is 4.72 Å². The van der Waals surface area contributed by atoms with E-state index in [1.165, 1.54) is 31.4 Å². The van der Waals surface area contributed by atoms with Crippen molar-refractivity contribution in [2.45, 2.75) is 4.90 Å². The van der Waals surface area contributed by atoms with Crippen molar-refractivity contribution in [1.29, 1.82) is 0 Å². The van der Waals surface area contributed by atoms with E-state index in [0.29, 0.717) is 5.75 Å². The molecule has 0 amide bonds. The van der Waals surface area contributed by atoms with Gasteiger partial charge in [-0.25, -0.2) is 26.0 Å². The highest BCUT2D eigenvalue weighted by molar-refractivity contribution is 9.10. The van der Waals surface area contributed by atoms with Gasteiger partial charge in [-0.05, 0) is 40.2 Å². The molecule has 124 valence electrons. The third kappa shape index (κ3) is 3.27. The van der Waals surface area contributed by atoms with Crippen molar-refractivity contribution in [3.05, 3.63) is 52.0 Å². The van der Waals surface area contributed by atoms with Gasteiger partial charge in [-0.1, -0.05) is 0 Å². The van der Waals surface area contributed by atoms with Crippen LogP contribution in [0.3, 0.4) is 0 Å². The number of benzene rings is 2. The number of halogens is 5. The van der Waals surface area contributed by atoms with Crippen LogP contribution >= 0.6 is 15.9 Å². The fraction of sp³-hybridized carbons (Fsp3) is 0.0769. The molecule has 0 spiro atoms. The van der Waals surface area contributed by atoms with Crippen LogP contribution in [0.5, 0.6) is 5.75 Å². The number of sulfonamides is 1. The van der Waals surface area contributed by atoms with Crippen LogP contribution in [0.1, 0.15) is 0 Å². The summed E-state index contributed by atoms with van der Waals surface area (Å²) in [4.78, 5) is -1.74. The van der Waals surface area contributed by atoms with E-state index < -0.39 is 42.7 Å².